The summed E-state index contributed by atoms with van der Waals surface area (Å²) in [5.41, 5.74) is -0.390. The van der Waals surface area contributed by atoms with Crippen LogP contribution < -0.4 is 5.32 Å². The molecule has 21 heavy (non-hydrogen) atoms. The van der Waals surface area contributed by atoms with Crippen LogP contribution in [0, 0.1) is 23.2 Å². The maximum Gasteiger partial charge on any atom is 0.105 e. The van der Waals surface area contributed by atoms with Crippen molar-refractivity contribution < 1.29 is 0 Å². The minimum Gasteiger partial charge on any atom is -0.301 e. The fourth-order valence-corrected chi connectivity index (χ4v) is 3.53. The lowest BCUT2D eigenvalue weighted by molar-refractivity contribution is 0.178. The van der Waals surface area contributed by atoms with Crippen LogP contribution >= 0.6 is 0 Å². The van der Waals surface area contributed by atoms with Crippen LogP contribution in [0.4, 0.5) is 0 Å². The molecule has 3 nitrogen and oxygen atoms in total. The molecule has 0 aromatic carbocycles. The van der Waals surface area contributed by atoms with E-state index in [1.165, 1.54) is 32.4 Å². The monoisotopic (exact) mass is 293 g/mol. The quantitative estimate of drug-likeness (QED) is 0.776. The molecule has 122 valence electrons. The van der Waals surface area contributed by atoms with Crippen LogP contribution in [-0.4, -0.2) is 36.1 Å². The number of nitriles is 1. The van der Waals surface area contributed by atoms with Crippen LogP contribution in [0.2, 0.25) is 0 Å². The van der Waals surface area contributed by atoms with Gasteiger partial charge in [-0.15, -0.1) is 0 Å². The average Bonchev–Trinajstić information content (AvgIpc) is 2.71. The zero-order valence-corrected chi connectivity index (χ0v) is 14.8. The molecule has 1 rings (SSSR count). The highest BCUT2D eigenvalue weighted by Gasteiger charge is 2.29. The molecule has 1 heterocycles. The van der Waals surface area contributed by atoms with E-state index >= 15 is 0 Å². The van der Waals surface area contributed by atoms with Crippen molar-refractivity contribution in [1.82, 2.24) is 10.2 Å². The number of nitrogens with zero attached hydrogens (tertiary/aromatic N) is 2. The van der Waals surface area contributed by atoms with Gasteiger partial charge in [0.25, 0.3) is 0 Å². The van der Waals surface area contributed by atoms with Gasteiger partial charge in [0, 0.05) is 6.04 Å². The highest BCUT2D eigenvalue weighted by atomic mass is 15.2. The number of rotatable bonds is 7. The van der Waals surface area contributed by atoms with Gasteiger partial charge in [0.15, 0.2) is 0 Å². The molecular formula is C18H35N3. The second kappa shape index (κ2) is 8.76. The summed E-state index contributed by atoms with van der Waals surface area (Å²) >= 11 is 0. The summed E-state index contributed by atoms with van der Waals surface area (Å²) in [6, 6.07) is 2.96. The summed E-state index contributed by atoms with van der Waals surface area (Å²) in [6.45, 7) is 14.5. The van der Waals surface area contributed by atoms with E-state index in [0.29, 0.717) is 6.04 Å². The molecular weight excluding hydrogens is 258 g/mol. The van der Waals surface area contributed by atoms with Crippen molar-refractivity contribution in [3.8, 4) is 6.07 Å². The van der Waals surface area contributed by atoms with Gasteiger partial charge in [0.05, 0.1) is 6.07 Å². The first-order chi connectivity index (χ1) is 9.91. The van der Waals surface area contributed by atoms with Crippen molar-refractivity contribution >= 4 is 0 Å². The Hall–Kier alpha value is -0.590. The van der Waals surface area contributed by atoms with Gasteiger partial charge >= 0.3 is 0 Å². The van der Waals surface area contributed by atoms with Crippen molar-refractivity contribution in [3.63, 3.8) is 0 Å². The van der Waals surface area contributed by atoms with Crippen LogP contribution in [0.15, 0.2) is 0 Å². The second-order valence-electron chi connectivity index (χ2n) is 7.39. The SMILES string of the molecule is CCCNC(C)(C#N)CC(C)N1CCCC(C(C)C)CC1. The summed E-state index contributed by atoms with van der Waals surface area (Å²) in [5.74, 6) is 1.68. The Kier molecular flexibility index (Phi) is 7.70. The summed E-state index contributed by atoms with van der Waals surface area (Å²) < 4.78 is 0. The van der Waals surface area contributed by atoms with Crippen LogP contribution in [0.25, 0.3) is 0 Å². The predicted molar refractivity (Wildman–Crippen MR) is 90.1 cm³/mol. The standard InChI is InChI=1S/C18H35N3/c1-6-10-20-18(5,14-19)13-16(4)21-11-7-8-17(9-12-21)15(2)3/h15-17,20H,6-13H2,1-5H3. The number of nitrogens with one attached hydrogen (secondary N) is 1. The van der Waals surface area contributed by atoms with Gasteiger partial charge in [0.1, 0.15) is 5.54 Å². The fraction of sp³-hybridized carbons (Fsp3) is 0.944. The molecule has 0 bridgehead atoms. The van der Waals surface area contributed by atoms with Gasteiger partial charge in [-0.25, -0.2) is 0 Å². The molecule has 1 N–H and O–H groups in total. The molecule has 0 amide bonds. The number of hydrogen-bond acceptors (Lipinski definition) is 3. The van der Waals surface area contributed by atoms with E-state index < -0.39 is 0 Å². The summed E-state index contributed by atoms with van der Waals surface area (Å²) in [6.07, 6.45) is 5.97. The Morgan fingerprint density at radius 2 is 2.00 bits per heavy atom. The van der Waals surface area contributed by atoms with Crippen molar-refractivity contribution in [3.05, 3.63) is 0 Å². The van der Waals surface area contributed by atoms with Gasteiger partial charge in [-0.3, -0.25) is 5.32 Å². The van der Waals surface area contributed by atoms with E-state index in [4.69, 9.17) is 0 Å². The molecule has 0 aromatic rings. The maximum absolute atomic E-state index is 9.50. The van der Waals surface area contributed by atoms with Gasteiger partial charge in [0.2, 0.25) is 0 Å². The maximum atomic E-state index is 9.50. The van der Waals surface area contributed by atoms with Crippen LogP contribution in [0.1, 0.15) is 66.7 Å². The second-order valence-corrected chi connectivity index (χ2v) is 7.39. The van der Waals surface area contributed by atoms with Gasteiger partial charge < -0.3 is 4.90 Å². The first-order valence-corrected chi connectivity index (χ1v) is 8.82. The minimum absolute atomic E-state index is 0.390. The molecule has 1 saturated heterocycles. The fourth-order valence-electron chi connectivity index (χ4n) is 3.53. The highest BCUT2D eigenvalue weighted by molar-refractivity contribution is 5.05. The molecule has 1 aliphatic heterocycles. The van der Waals surface area contributed by atoms with Gasteiger partial charge in [-0.1, -0.05) is 20.8 Å². The molecule has 0 spiro atoms. The van der Waals surface area contributed by atoms with E-state index in [9.17, 15) is 5.26 Å². The minimum atomic E-state index is -0.390. The van der Waals surface area contributed by atoms with Crippen molar-refractivity contribution in [2.45, 2.75) is 78.3 Å². The van der Waals surface area contributed by atoms with Crippen molar-refractivity contribution in [2.24, 2.45) is 11.8 Å². The lowest BCUT2D eigenvalue weighted by Gasteiger charge is -2.33. The van der Waals surface area contributed by atoms with E-state index in [1.54, 1.807) is 0 Å². The first kappa shape index (κ1) is 18.5. The third kappa shape index (κ3) is 5.96. The van der Waals surface area contributed by atoms with Crippen LogP contribution in [-0.2, 0) is 0 Å². The average molecular weight is 293 g/mol. The first-order valence-electron chi connectivity index (χ1n) is 8.82. The van der Waals surface area contributed by atoms with Crippen molar-refractivity contribution in [1.29, 1.82) is 5.26 Å². The molecule has 3 unspecified atom stereocenters. The topological polar surface area (TPSA) is 39.1 Å². The predicted octanol–water partition coefficient (Wildman–Crippen LogP) is 3.80. The van der Waals surface area contributed by atoms with E-state index in [0.717, 1.165) is 31.2 Å². The van der Waals surface area contributed by atoms with E-state index in [2.05, 4.69) is 44.0 Å². The highest BCUT2D eigenvalue weighted by Crippen LogP contribution is 2.26. The number of likely N-dealkylation sites (tertiary alicyclic amines) is 1. The third-order valence-corrected chi connectivity index (χ3v) is 5.09. The normalized spacial score (nSPS) is 25.1. The van der Waals surface area contributed by atoms with E-state index in [1.807, 2.05) is 6.92 Å². The largest absolute Gasteiger partial charge is 0.301 e. The Labute approximate surface area is 132 Å². The third-order valence-electron chi connectivity index (χ3n) is 5.09. The zero-order chi connectivity index (χ0) is 15.9. The van der Waals surface area contributed by atoms with Crippen molar-refractivity contribution in [2.75, 3.05) is 19.6 Å². The molecule has 0 radical (unpaired) electrons. The Morgan fingerprint density at radius 1 is 1.29 bits per heavy atom. The summed E-state index contributed by atoms with van der Waals surface area (Å²) in [7, 11) is 0. The molecule has 0 aromatic heterocycles. The Morgan fingerprint density at radius 3 is 2.57 bits per heavy atom. The molecule has 1 aliphatic rings. The van der Waals surface area contributed by atoms with Crippen LogP contribution in [0.3, 0.4) is 0 Å². The Balaban J connectivity index is 2.54. The summed E-state index contributed by atoms with van der Waals surface area (Å²) in [5, 5.41) is 12.9. The molecule has 0 saturated carbocycles. The molecule has 3 heteroatoms. The lowest BCUT2D eigenvalue weighted by atomic mass is 9.89. The summed E-state index contributed by atoms with van der Waals surface area (Å²) in [4.78, 5) is 2.60. The van der Waals surface area contributed by atoms with Crippen LogP contribution in [0.5, 0.6) is 0 Å². The molecule has 0 aliphatic carbocycles. The number of hydrogen-bond donors (Lipinski definition) is 1. The van der Waals surface area contributed by atoms with E-state index in [-0.39, 0.29) is 5.54 Å². The molecule has 3 atom stereocenters. The lowest BCUT2D eigenvalue weighted by Crippen LogP contribution is -2.47. The zero-order valence-electron chi connectivity index (χ0n) is 14.8. The smallest absolute Gasteiger partial charge is 0.105 e. The van der Waals surface area contributed by atoms with Gasteiger partial charge in [-0.2, -0.15) is 5.26 Å². The Bertz CT molecular complexity index is 334. The van der Waals surface area contributed by atoms with Gasteiger partial charge in [-0.05, 0) is 77.4 Å². The molecule has 1 fully saturated rings.